The molecule has 1 heterocycles. The highest BCUT2D eigenvalue weighted by atomic mass is 79.9. The smallest absolute Gasteiger partial charge is 0.128 e. The van der Waals surface area contributed by atoms with Crippen molar-refractivity contribution in [2.45, 2.75) is 6.54 Å². The van der Waals surface area contributed by atoms with Gasteiger partial charge in [0.05, 0.1) is 12.6 Å². The second kappa shape index (κ2) is 5.10. The summed E-state index contributed by atoms with van der Waals surface area (Å²) in [6, 6.07) is 16.5. The number of hydrogen-bond acceptors (Lipinski definition) is 1. The molecule has 0 fully saturated rings. The monoisotopic (exact) mass is 315 g/mol. The lowest BCUT2D eigenvalue weighted by atomic mass is 10.2. The maximum atomic E-state index is 5.39. The van der Waals surface area contributed by atoms with E-state index in [0.29, 0.717) is 0 Å². The Morgan fingerprint density at radius 2 is 1.89 bits per heavy atom. The van der Waals surface area contributed by atoms with Crippen molar-refractivity contribution in [2.24, 2.45) is 0 Å². The second-order valence-electron chi connectivity index (χ2n) is 4.43. The van der Waals surface area contributed by atoms with Crippen LogP contribution in [0, 0.1) is 0 Å². The Labute approximate surface area is 120 Å². The summed E-state index contributed by atoms with van der Waals surface area (Å²) in [5.74, 6) is 0.920. The number of ether oxygens (including phenoxy) is 1. The van der Waals surface area contributed by atoms with Crippen molar-refractivity contribution in [3.8, 4) is 5.75 Å². The Bertz CT molecular complexity index is 718. The molecule has 0 amide bonds. The van der Waals surface area contributed by atoms with Crippen LogP contribution in [-0.2, 0) is 6.54 Å². The zero-order valence-corrected chi connectivity index (χ0v) is 12.2. The van der Waals surface area contributed by atoms with Crippen LogP contribution in [0.3, 0.4) is 0 Å². The van der Waals surface area contributed by atoms with E-state index in [-0.39, 0.29) is 0 Å². The van der Waals surface area contributed by atoms with Crippen LogP contribution in [0.1, 0.15) is 5.56 Å². The quantitative estimate of drug-likeness (QED) is 0.696. The topological polar surface area (TPSA) is 14.2 Å². The number of hydrogen-bond donors (Lipinski definition) is 0. The lowest BCUT2D eigenvalue weighted by molar-refractivity contribution is 0.420. The van der Waals surface area contributed by atoms with E-state index >= 15 is 0 Å². The van der Waals surface area contributed by atoms with Gasteiger partial charge in [-0.2, -0.15) is 0 Å². The third-order valence-electron chi connectivity index (χ3n) is 3.29. The Hall–Kier alpha value is -1.74. The second-order valence-corrected chi connectivity index (χ2v) is 5.28. The number of rotatable bonds is 3. The molecule has 0 N–H and O–H groups in total. The fraction of sp³-hybridized carbons (Fsp3) is 0.125. The molecule has 0 aliphatic heterocycles. The average Bonchev–Trinajstić information content (AvgIpc) is 2.84. The van der Waals surface area contributed by atoms with Crippen LogP contribution in [0.5, 0.6) is 5.75 Å². The molecule has 0 unspecified atom stereocenters. The summed E-state index contributed by atoms with van der Waals surface area (Å²) >= 11 is 3.60. The standard InChI is InChI=1S/C16H14BrNO/c1-19-16-8-4-7-15-13(16)9-10-18(15)11-12-5-2-3-6-14(12)17/h2-10H,11H2,1H3. The van der Waals surface area contributed by atoms with Crippen LogP contribution in [0.2, 0.25) is 0 Å². The molecule has 0 radical (unpaired) electrons. The van der Waals surface area contributed by atoms with Gasteiger partial charge in [-0.25, -0.2) is 0 Å². The molecule has 2 aromatic carbocycles. The van der Waals surface area contributed by atoms with E-state index < -0.39 is 0 Å². The minimum Gasteiger partial charge on any atom is -0.496 e. The summed E-state index contributed by atoms with van der Waals surface area (Å²) in [6.45, 7) is 0.845. The van der Waals surface area contributed by atoms with Gasteiger partial charge in [-0.15, -0.1) is 0 Å². The first-order valence-corrected chi connectivity index (χ1v) is 6.94. The van der Waals surface area contributed by atoms with E-state index in [0.717, 1.165) is 22.2 Å². The molecule has 0 bridgehead atoms. The molecule has 0 saturated heterocycles. The first kappa shape index (κ1) is 12.3. The number of nitrogens with zero attached hydrogens (tertiary/aromatic N) is 1. The summed E-state index contributed by atoms with van der Waals surface area (Å²) in [5, 5.41) is 1.15. The van der Waals surface area contributed by atoms with Crippen LogP contribution in [0.4, 0.5) is 0 Å². The van der Waals surface area contributed by atoms with Crippen molar-refractivity contribution in [1.29, 1.82) is 0 Å². The van der Waals surface area contributed by atoms with Gasteiger partial charge in [0.2, 0.25) is 0 Å². The predicted octanol–water partition coefficient (Wildman–Crippen LogP) is 4.46. The SMILES string of the molecule is COc1cccc2c1ccn2Cc1ccccc1Br. The van der Waals surface area contributed by atoms with Crippen LogP contribution < -0.4 is 4.74 Å². The predicted molar refractivity (Wildman–Crippen MR) is 81.7 cm³/mol. The number of methoxy groups -OCH3 is 1. The molecule has 0 saturated carbocycles. The van der Waals surface area contributed by atoms with Gasteiger partial charge >= 0.3 is 0 Å². The van der Waals surface area contributed by atoms with Gasteiger partial charge in [-0.1, -0.05) is 40.2 Å². The van der Waals surface area contributed by atoms with Crippen LogP contribution in [-0.4, -0.2) is 11.7 Å². The van der Waals surface area contributed by atoms with Gasteiger partial charge in [0.15, 0.2) is 0 Å². The summed E-state index contributed by atoms with van der Waals surface area (Å²) in [4.78, 5) is 0. The molecule has 3 aromatic rings. The first-order valence-electron chi connectivity index (χ1n) is 6.15. The summed E-state index contributed by atoms with van der Waals surface area (Å²) in [7, 11) is 1.71. The van der Waals surface area contributed by atoms with Crippen molar-refractivity contribution in [1.82, 2.24) is 4.57 Å². The molecule has 19 heavy (non-hydrogen) atoms. The maximum Gasteiger partial charge on any atom is 0.128 e. The first-order chi connectivity index (χ1) is 9.29. The molecule has 1 aromatic heterocycles. The molecule has 2 nitrogen and oxygen atoms in total. The van der Waals surface area contributed by atoms with Crippen LogP contribution >= 0.6 is 15.9 Å². The highest BCUT2D eigenvalue weighted by Gasteiger charge is 2.07. The normalized spacial score (nSPS) is 10.8. The third-order valence-corrected chi connectivity index (χ3v) is 4.07. The van der Waals surface area contributed by atoms with E-state index in [2.05, 4.69) is 57.0 Å². The van der Waals surface area contributed by atoms with Gasteiger partial charge < -0.3 is 9.30 Å². The van der Waals surface area contributed by atoms with E-state index in [1.165, 1.54) is 11.1 Å². The molecule has 0 aliphatic rings. The Morgan fingerprint density at radius 3 is 2.68 bits per heavy atom. The van der Waals surface area contributed by atoms with E-state index in [4.69, 9.17) is 4.74 Å². The molecule has 3 heteroatoms. The van der Waals surface area contributed by atoms with Crippen molar-refractivity contribution in [3.05, 3.63) is 64.8 Å². The number of benzene rings is 2. The fourth-order valence-corrected chi connectivity index (χ4v) is 2.73. The zero-order valence-electron chi connectivity index (χ0n) is 10.6. The van der Waals surface area contributed by atoms with Gasteiger partial charge in [-0.05, 0) is 29.8 Å². The van der Waals surface area contributed by atoms with Gasteiger partial charge in [0.25, 0.3) is 0 Å². The zero-order chi connectivity index (χ0) is 13.2. The Morgan fingerprint density at radius 1 is 1.05 bits per heavy atom. The maximum absolute atomic E-state index is 5.39. The Balaban J connectivity index is 2.05. The highest BCUT2D eigenvalue weighted by Crippen LogP contribution is 2.27. The van der Waals surface area contributed by atoms with E-state index in [9.17, 15) is 0 Å². The lowest BCUT2D eigenvalue weighted by Gasteiger charge is -2.08. The lowest BCUT2D eigenvalue weighted by Crippen LogP contribution is -1.98. The summed E-state index contributed by atoms with van der Waals surface area (Å²) < 4.78 is 8.76. The van der Waals surface area contributed by atoms with Crippen molar-refractivity contribution >= 4 is 26.8 Å². The average molecular weight is 316 g/mol. The molecule has 0 aliphatic carbocycles. The van der Waals surface area contributed by atoms with Crippen molar-refractivity contribution in [3.63, 3.8) is 0 Å². The molecule has 0 spiro atoms. The van der Waals surface area contributed by atoms with Crippen molar-refractivity contribution in [2.75, 3.05) is 7.11 Å². The number of fused-ring (bicyclic) bond motifs is 1. The molecule has 0 atom stereocenters. The molecular weight excluding hydrogens is 302 g/mol. The fourth-order valence-electron chi connectivity index (χ4n) is 2.32. The number of aromatic nitrogens is 1. The Kier molecular flexibility index (Phi) is 3.30. The minimum absolute atomic E-state index is 0.845. The third kappa shape index (κ3) is 2.26. The van der Waals surface area contributed by atoms with Gasteiger partial charge in [-0.3, -0.25) is 0 Å². The summed E-state index contributed by atoms with van der Waals surface area (Å²) in [6.07, 6.45) is 2.10. The molecule has 96 valence electrons. The van der Waals surface area contributed by atoms with Crippen LogP contribution in [0.25, 0.3) is 10.9 Å². The van der Waals surface area contributed by atoms with Gasteiger partial charge in [0.1, 0.15) is 5.75 Å². The minimum atomic E-state index is 0.845. The largest absolute Gasteiger partial charge is 0.496 e. The van der Waals surface area contributed by atoms with Crippen LogP contribution in [0.15, 0.2) is 59.2 Å². The van der Waals surface area contributed by atoms with Gasteiger partial charge in [0, 0.05) is 22.6 Å². The van der Waals surface area contributed by atoms with Crippen molar-refractivity contribution < 1.29 is 4.74 Å². The van der Waals surface area contributed by atoms with E-state index in [1.807, 2.05) is 18.2 Å². The van der Waals surface area contributed by atoms with E-state index in [1.54, 1.807) is 7.11 Å². The highest BCUT2D eigenvalue weighted by molar-refractivity contribution is 9.10. The molecule has 3 rings (SSSR count). The molecular formula is C16H14BrNO. The summed E-state index contributed by atoms with van der Waals surface area (Å²) in [5.41, 5.74) is 2.46. The number of halogens is 1.